The summed E-state index contributed by atoms with van der Waals surface area (Å²) in [7, 11) is 0. The summed E-state index contributed by atoms with van der Waals surface area (Å²) in [5.41, 5.74) is 0. The molecule has 0 bridgehead atoms. The van der Waals surface area contributed by atoms with Crippen molar-refractivity contribution in [1.82, 2.24) is 5.32 Å². The average molecular weight is 297 g/mol. The topological polar surface area (TPSA) is 58.6 Å². The number of amides is 1. The van der Waals surface area contributed by atoms with Crippen molar-refractivity contribution in [2.24, 2.45) is 0 Å². The van der Waals surface area contributed by atoms with Crippen LogP contribution in [-0.4, -0.2) is 37.4 Å². The minimum Gasteiger partial charge on any atom is -0.394 e. The van der Waals surface area contributed by atoms with Crippen molar-refractivity contribution in [3.63, 3.8) is 0 Å². The molecule has 0 unspecified atom stereocenters. The van der Waals surface area contributed by atoms with Crippen molar-refractivity contribution in [1.29, 1.82) is 0 Å². The molecule has 20 heavy (non-hydrogen) atoms. The van der Waals surface area contributed by atoms with Gasteiger partial charge in [-0.15, -0.1) is 11.3 Å². The molecule has 0 aliphatic rings. The Kier molecular flexibility index (Phi) is 5.46. The van der Waals surface area contributed by atoms with Gasteiger partial charge in [-0.1, -0.05) is 0 Å². The first-order chi connectivity index (χ1) is 9.70. The van der Waals surface area contributed by atoms with E-state index in [1.165, 1.54) is 23.5 Å². The lowest BCUT2D eigenvalue weighted by atomic mass is 10.2. The van der Waals surface area contributed by atoms with E-state index < -0.39 is 0 Å². The first-order valence-corrected chi connectivity index (χ1v) is 7.18. The quantitative estimate of drug-likeness (QED) is 0.770. The summed E-state index contributed by atoms with van der Waals surface area (Å²) in [4.78, 5) is 12.5. The zero-order chi connectivity index (χ0) is 14.4. The van der Waals surface area contributed by atoms with Crippen LogP contribution in [0.4, 0.5) is 4.39 Å². The highest BCUT2D eigenvalue weighted by molar-refractivity contribution is 7.20. The third kappa shape index (κ3) is 4.00. The Bertz CT molecular complexity index is 585. The highest BCUT2D eigenvalue weighted by atomic mass is 32.1. The van der Waals surface area contributed by atoms with Crippen molar-refractivity contribution in [2.75, 3.05) is 26.4 Å². The fourth-order valence-electron chi connectivity index (χ4n) is 1.76. The lowest BCUT2D eigenvalue weighted by Gasteiger charge is -2.03. The Morgan fingerprint density at radius 2 is 2.20 bits per heavy atom. The molecule has 6 heteroatoms. The van der Waals surface area contributed by atoms with E-state index >= 15 is 0 Å². The Balaban J connectivity index is 1.85. The average Bonchev–Trinajstić information content (AvgIpc) is 2.85. The second-order valence-corrected chi connectivity index (χ2v) is 5.32. The van der Waals surface area contributed by atoms with Crippen LogP contribution >= 0.6 is 11.3 Å². The van der Waals surface area contributed by atoms with E-state index in [1.54, 1.807) is 12.1 Å². The van der Waals surface area contributed by atoms with Crippen LogP contribution < -0.4 is 5.32 Å². The Labute approximate surface area is 120 Å². The molecule has 1 heterocycles. The van der Waals surface area contributed by atoms with E-state index in [-0.39, 0.29) is 18.3 Å². The van der Waals surface area contributed by atoms with E-state index in [1.807, 2.05) is 0 Å². The number of fused-ring (bicyclic) bond motifs is 1. The van der Waals surface area contributed by atoms with Crippen molar-refractivity contribution in [2.45, 2.75) is 6.42 Å². The molecule has 2 aromatic rings. The molecule has 0 fully saturated rings. The molecule has 0 saturated heterocycles. The molecule has 2 N–H and O–H groups in total. The molecule has 2 rings (SSSR count). The van der Waals surface area contributed by atoms with Gasteiger partial charge in [0.2, 0.25) is 0 Å². The van der Waals surface area contributed by atoms with Gasteiger partial charge in [-0.3, -0.25) is 4.79 Å². The minimum atomic E-state index is -0.303. The molecule has 1 amide bonds. The number of aliphatic hydroxyl groups is 1. The predicted molar refractivity (Wildman–Crippen MR) is 76.6 cm³/mol. The Morgan fingerprint density at radius 3 is 3.00 bits per heavy atom. The molecule has 0 radical (unpaired) electrons. The van der Waals surface area contributed by atoms with Crippen LogP contribution in [-0.2, 0) is 4.74 Å². The molecule has 108 valence electrons. The molecule has 0 aliphatic carbocycles. The van der Waals surface area contributed by atoms with Crippen LogP contribution in [0.1, 0.15) is 16.1 Å². The number of rotatable bonds is 7. The maximum Gasteiger partial charge on any atom is 0.261 e. The molecule has 4 nitrogen and oxygen atoms in total. The summed E-state index contributed by atoms with van der Waals surface area (Å²) in [6.07, 6.45) is 0.686. The fourth-order valence-corrected chi connectivity index (χ4v) is 2.72. The van der Waals surface area contributed by atoms with Crippen molar-refractivity contribution >= 4 is 27.3 Å². The number of carbonyl (C=O) groups excluding carboxylic acids is 1. The van der Waals surface area contributed by atoms with Crippen molar-refractivity contribution in [3.8, 4) is 0 Å². The largest absolute Gasteiger partial charge is 0.394 e. The summed E-state index contributed by atoms with van der Waals surface area (Å²) >= 11 is 1.34. The van der Waals surface area contributed by atoms with Crippen LogP contribution in [0.25, 0.3) is 10.1 Å². The SMILES string of the molecule is O=C(NCCCOCCO)c1cc2cc(F)ccc2s1. The van der Waals surface area contributed by atoms with Gasteiger partial charge in [0.05, 0.1) is 18.1 Å². The molecule has 1 aromatic carbocycles. The monoisotopic (exact) mass is 297 g/mol. The lowest BCUT2D eigenvalue weighted by molar-refractivity contribution is 0.0869. The van der Waals surface area contributed by atoms with Gasteiger partial charge in [0.15, 0.2) is 0 Å². The van der Waals surface area contributed by atoms with Gasteiger partial charge in [0.1, 0.15) is 5.82 Å². The number of benzene rings is 1. The van der Waals surface area contributed by atoms with Crippen LogP contribution in [0.3, 0.4) is 0 Å². The number of thiophene rings is 1. The molecular weight excluding hydrogens is 281 g/mol. The van der Waals surface area contributed by atoms with Crippen molar-refractivity contribution < 1.29 is 19.0 Å². The number of halogens is 1. The summed E-state index contributed by atoms with van der Waals surface area (Å²) in [5.74, 6) is -0.461. The Morgan fingerprint density at radius 1 is 1.35 bits per heavy atom. The highest BCUT2D eigenvalue weighted by Crippen LogP contribution is 2.26. The van der Waals surface area contributed by atoms with E-state index in [4.69, 9.17) is 9.84 Å². The van der Waals surface area contributed by atoms with Gasteiger partial charge >= 0.3 is 0 Å². The second kappa shape index (κ2) is 7.33. The van der Waals surface area contributed by atoms with E-state index in [0.29, 0.717) is 31.1 Å². The fraction of sp³-hybridized carbons (Fsp3) is 0.357. The third-order valence-corrected chi connectivity index (χ3v) is 3.80. The van der Waals surface area contributed by atoms with Crippen LogP contribution in [0.5, 0.6) is 0 Å². The lowest BCUT2D eigenvalue weighted by Crippen LogP contribution is -2.24. The van der Waals surface area contributed by atoms with Gasteiger partial charge in [-0.2, -0.15) is 0 Å². The molecule has 0 saturated carbocycles. The number of nitrogens with one attached hydrogen (secondary N) is 1. The summed E-state index contributed by atoms with van der Waals surface area (Å²) in [5, 5.41) is 12.1. The van der Waals surface area contributed by atoms with Gasteiger partial charge in [-0.05, 0) is 36.1 Å². The number of aliphatic hydroxyl groups excluding tert-OH is 1. The number of ether oxygens (including phenoxy) is 1. The zero-order valence-electron chi connectivity index (χ0n) is 10.9. The van der Waals surface area contributed by atoms with Crippen LogP contribution in [0.15, 0.2) is 24.3 Å². The first kappa shape index (κ1) is 14.9. The van der Waals surface area contributed by atoms with Crippen molar-refractivity contribution in [3.05, 3.63) is 35.0 Å². The number of hydrogen-bond acceptors (Lipinski definition) is 4. The molecular formula is C14H16FNO3S. The number of carbonyl (C=O) groups is 1. The van der Waals surface area contributed by atoms with Gasteiger partial charge in [0.25, 0.3) is 5.91 Å². The maximum absolute atomic E-state index is 13.1. The highest BCUT2D eigenvalue weighted by Gasteiger charge is 2.10. The van der Waals surface area contributed by atoms with E-state index in [9.17, 15) is 9.18 Å². The standard InChI is InChI=1S/C14H16FNO3S/c15-11-2-3-12-10(8-11)9-13(20-12)14(18)16-4-1-6-19-7-5-17/h2-3,8-9,17H,1,4-7H2,(H,16,18). The minimum absolute atomic E-state index is 0.00467. The smallest absolute Gasteiger partial charge is 0.261 e. The van der Waals surface area contributed by atoms with E-state index in [0.717, 1.165) is 10.1 Å². The van der Waals surface area contributed by atoms with Gasteiger partial charge in [0, 0.05) is 17.9 Å². The number of hydrogen-bond donors (Lipinski definition) is 2. The summed E-state index contributed by atoms with van der Waals surface area (Å²) in [6, 6.07) is 6.18. The second-order valence-electron chi connectivity index (χ2n) is 4.24. The molecule has 0 spiro atoms. The van der Waals surface area contributed by atoms with Crippen LogP contribution in [0.2, 0.25) is 0 Å². The predicted octanol–water partition coefficient (Wildman–Crippen LogP) is 2.17. The molecule has 0 aliphatic heterocycles. The van der Waals surface area contributed by atoms with Crippen LogP contribution in [0, 0.1) is 5.82 Å². The zero-order valence-corrected chi connectivity index (χ0v) is 11.7. The van der Waals surface area contributed by atoms with E-state index in [2.05, 4.69) is 5.32 Å². The summed E-state index contributed by atoms with van der Waals surface area (Å²) < 4.78 is 19.1. The third-order valence-electron chi connectivity index (χ3n) is 2.69. The normalized spacial score (nSPS) is 10.9. The molecule has 0 atom stereocenters. The van der Waals surface area contributed by atoms with Gasteiger partial charge < -0.3 is 15.2 Å². The molecule has 1 aromatic heterocycles. The van der Waals surface area contributed by atoms with Gasteiger partial charge in [-0.25, -0.2) is 4.39 Å². The summed E-state index contributed by atoms with van der Waals surface area (Å²) in [6.45, 7) is 1.33. The Hall–Kier alpha value is -1.50. The first-order valence-electron chi connectivity index (χ1n) is 6.36. The maximum atomic E-state index is 13.1.